The van der Waals surface area contributed by atoms with Gasteiger partial charge in [0.2, 0.25) is 5.78 Å². The van der Waals surface area contributed by atoms with Crippen LogP contribution in [-0.2, 0) is 4.79 Å². The predicted molar refractivity (Wildman–Crippen MR) is 72.5 cm³/mol. The Bertz CT molecular complexity index is 583. The molecule has 1 N–H and O–H groups in total. The molecule has 2 aromatic heterocycles. The maximum Gasteiger partial charge on any atom is 0.227 e. The Morgan fingerprint density at radius 2 is 2.22 bits per heavy atom. The number of ketones is 1. The molecular formula is C11H10BrClN2O3. The molecule has 0 atom stereocenters. The van der Waals surface area contributed by atoms with E-state index >= 15 is 0 Å². The zero-order valence-electron chi connectivity index (χ0n) is 9.66. The van der Waals surface area contributed by atoms with Crippen molar-refractivity contribution in [3.8, 4) is 5.75 Å². The van der Waals surface area contributed by atoms with E-state index in [1.807, 2.05) is 0 Å². The Hall–Kier alpha value is -1.40. The number of fused-ring (bicyclic) bond motifs is 1. The molecule has 0 aromatic carbocycles. The lowest BCUT2D eigenvalue weighted by Gasteiger charge is -2.03. The van der Waals surface area contributed by atoms with Crippen molar-refractivity contribution >= 4 is 50.5 Å². The number of carbonyl (C=O) groups is 2. The Labute approximate surface area is 117 Å². The number of rotatable bonds is 3. The summed E-state index contributed by atoms with van der Waals surface area (Å²) in [7, 11) is 1.48. The molecule has 7 heteroatoms. The topological polar surface area (TPSA) is 72.0 Å². The Kier molecular flexibility index (Phi) is 5.30. The van der Waals surface area contributed by atoms with E-state index < -0.39 is 5.78 Å². The van der Waals surface area contributed by atoms with Crippen molar-refractivity contribution in [2.45, 2.75) is 0 Å². The molecule has 0 aliphatic rings. The van der Waals surface area contributed by atoms with Gasteiger partial charge in [-0.05, 0) is 15.9 Å². The molecule has 0 saturated carbocycles. The fourth-order valence-electron chi connectivity index (χ4n) is 1.50. The highest BCUT2D eigenvalue weighted by molar-refractivity contribution is 9.10. The van der Waals surface area contributed by atoms with Gasteiger partial charge < -0.3 is 9.72 Å². The quantitative estimate of drug-likeness (QED) is 0.308. The maximum absolute atomic E-state index is 11.4. The molecule has 0 bridgehead atoms. The minimum absolute atomic E-state index is 0.274. The lowest BCUT2D eigenvalue weighted by atomic mass is 10.1. The molecule has 0 spiro atoms. The average Bonchev–Trinajstić information content (AvgIpc) is 2.86. The summed E-state index contributed by atoms with van der Waals surface area (Å²) >= 11 is 7.89. The van der Waals surface area contributed by atoms with Gasteiger partial charge in [0.1, 0.15) is 10.4 Å². The first-order valence-corrected chi connectivity index (χ1v) is 6.30. The van der Waals surface area contributed by atoms with Gasteiger partial charge in [-0.2, -0.15) is 0 Å². The largest absolute Gasteiger partial charge is 0.494 e. The number of H-pyrrole nitrogens is 1. The number of nitrogens with zero attached hydrogens (tertiary/aromatic N) is 1. The van der Waals surface area contributed by atoms with E-state index in [0.717, 1.165) is 0 Å². The fraction of sp³-hybridized carbons (Fsp3) is 0.182. The van der Waals surface area contributed by atoms with Crippen molar-refractivity contribution in [3.63, 3.8) is 0 Å². The third-order valence-electron chi connectivity index (χ3n) is 2.22. The van der Waals surface area contributed by atoms with Crippen LogP contribution in [0, 0.1) is 0 Å². The second-order valence-electron chi connectivity index (χ2n) is 3.05. The Morgan fingerprint density at radius 1 is 1.56 bits per heavy atom. The van der Waals surface area contributed by atoms with Gasteiger partial charge in [0.15, 0.2) is 6.29 Å². The van der Waals surface area contributed by atoms with Crippen LogP contribution < -0.4 is 4.74 Å². The van der Waals surface area contributed by atoms with Gasteiger partial charge in [-0.1, -0.05) is 0 Å². The summed E-state index contributed by atoms with van der Waals surface area (Å²) in [6.07, 6.45) is 4.70. The number of alkyl halides is 1. The van der Waals surface area contributed by atoms with Crippen LogP contribution in [0.1, 0.15) is 10.4 Å². The van der Waals surface area contributed by atoms with Crippen molar-refractivity contribution in [2.75, 3.05) is 13.5 Å². The summed E-state index contributed by atoms with van der Waals surface area (Å²) in [5.41, 5.74) is 0.912. The molecule has 96 valence electrons. The molecular weight excluding hydrogens is 323 g/mol. The van der Waals surface area contributed by atoms with Crippen molar-refractivity contribution in [1.29, 1.82) is 0 Å². The van der Waals surface area contributed by atoms with Crippen LogP contribution in [0.3, 0.4) is 0 Å². The minimum Gasteiger partial charge on any atom is -0.494 e. The van der Waals surface area contributed by atoms with Crippen molar-refractivity contribution in [3.05, 3.63) is 22.6 Å². The molecule has 0 fully saturated rings. The molecule has 0 aliphatic heterocycles. The summed E-state index contributed by atoms with van der Waals surface area (Å²) in [4.78, 5) is 28.8. The van der Waals surface area contributed by atoms with Gasteiger partial charge >= 0.3 is 0 Å². The third-order valence-corrected chi connectivity index (χ3v) is 2.82. The second-order valence-corrected chi connectivity index (χ2v) is 3.80. The number of carbonyl (C=O) groups excluding carboxylic acids is 2. The zero-order valence-corrected chi connectivity index (χ0v) is 12.0. The molecule has 0 radical (unpaired) electrons. The van der Waals surface area contributed by atoms with E-state index in [9.17, 15) is 9.59 Å². The highest BCUT2D eigenvalue weighted by Gasteiger charge is 2.17. The first-order chi connectivity index (χ1) is 8.69. The van der Waals surface area contributed by atoms with E-state index in [-0.39, 0.29) is 11.8 Å². The van der Waals surface area contributed by atoms with Gasteiger partial charge in [-0.3, -0.25) is 9.59 Å². The van der Waals surface area contributed by atoms with E-state index in [1.54, 1.807) is 0 Å². The minimum atomic E-state index is -0.595. The second kappa shape index (κ2) is 6.51. The SMILES string of the molecule is CCl.COc1cnc(Br)c2[nH]cc(C(=O)C=O)c12. The number of methoxy groups -OCH3 is 1. The molecule has 0 saturated heterocycles. The summed E-state index contributed by atoms with van der Waals surface area (Å²) in [5, 5.41) is 0.557. The molecule has 5 nitrogen and oxygen atoms in total. The van der Waals surface area contributed by atoms with Gasteiger partial charge in [-0.25, -0.2) is 4.98 Å². The Balaban J connectivity index is 0.000000771. The number of ether oxygens (including phenoxy) is 1. The van der Waals surface area contributed by atoms with Crippen LogP contribution >= 0.6 is 27.5 Å². The lowest BCUT2D eigenvalue weighted by Crippen LogP contribution is -1.99. The first kappa shape index (κ1) is 14.7. The van der Waals surface area contributed by atoms with E-state index in [1.165, 1.54) is 25.9 Å². The Morgan fingerprint density at radius 3 is 2.78 bits per heavy atom. The van der Waals surface area contributed by atoms with Crippen LogP contribution in [-0.4, -0.2) is 35.5 Å². The fourth-order valence-corrected chi connectivity index (χ4v) is 1.91. The number of aromatic amines is 1. The number of aldehydes is 1. The van der Waals surface area contributed by atoms with E-state index in [2.05, 4.69) is 37.5 Å². The number of halogens is 2. The van der Waals surface area contributed by atoms with Crippen LogP contribution in [0.4, 0.5) is 0 Å². The molecule has 2 rings (SSSR count). The van der Waals surface area contributed by atoms with Gasteiger partial charge in [0.25, 0.3) is 0 Å². The van der Waals surface area contributed by atoms with Gasteiger partial charge in [0.05, 0.1) is 29.8 Å². The van der Waals surface area contributed by atoms with Gasteiger partial charge in [-0.15, -0.1) is 11.6 Å². The predicted octanol–water partition coefficient (Wildman–Crippen LogP) is 2.57. The normalized spacial score (nSPS) is 9.56. The summed E-state index contributed by atoms with van der Waals surface area (Å²) in [6, 6.07) is 0. The van der Waals surface area contributed by atoms with Crippen molar-refractivity contribution in [1.82, 2.24) is 9.97 Å². The summed E-state index contributed by atoms with van der Waals surface area (Å²) < 4.78 is 5.67. The first-order valence-electron chi connectivity index (χ1n) is 4.76. The highest BCUT2D eigenvalue weighted by atomic mass is 79.9. The smallest absolute Gasteiger partial charge is 0.227 e. The standard InChI is InChI=1S/C10H7BrN2O3.CH3Cl/c1-16-7-3-13-10(11)9-8(7)5(2-12-9)6(15)4-14;1-2/h2-4,12H,1H3;1H3. The number of aromatic nitrogens is 2. The highest BCUT2D eigenvalue weighted by Crippen LogP contribution is 2.31. The molecule has 2 heterocycles. The molecule has 18 heavy (non-hydrogen) atoms. The number of hydrogen-bond donors (Lipinski definition) is 1. The average molecular weight is 334 g/mol. The molecule has 0 amide bonds. The monoisotopic (exact) mass is 332 g/mol. The third kappa shape index (κ3) is 2.54. The lowest BCUT2D eigenvalue weighted by molar-refractivity contribution is -0.104. The van der Waals surface area contributed by atoms with Crippen molar-refractivity contribution in [2.24, 2.45) is 0 Å². The number of nitrogens with one attached hydrogen (secondary N) is 1. The summed E-state index contributed by atoms with van der Waals surface area (Å²) in [5.74, 6) is -0.146. The zero-order chi connectivity index (χ0) is 13.7. The molecule has 0 aliphatic carbocycles. The number of Topliss-reactive ketones (excluding diaryl/α,β-unsaturated/α-hetero) is 1. The molecule has 0 unspecified atom stereocenters. The van der Waals surface area contributed by atoms with Crippen LogP contribution in [0.15, 0.2) is 17.0 Å². The van der Waals surface area contributed by atoms with E-state index in [4.69, 9.17) is 4.74 Å². The van der Waals surface area contributed by atoms with Crippen LogP contribution in [0.25, 0.3) is 10.9 Å². The summed E-state index contributed by atoms with van der Waals surface area (Å²) in [6.45, 7) is 0. The number of hydrogen-bond acceptors (Lipinski definition) is 4. The van der Waals surface area contributed by atoms with E-state index in [0.29, 0.717) is 21.3 Å². The number of pyridine rings is 1. The van der Waals surface area contributed by atoms with Crippen LogP contribution in [0.2, 0.25) is 0 Å². The maximum atomic E-state index is 11.4. The molecule has 2 aromatic rings. The van der Waals surface area contributed by atoms with Gasteiger partial charge in [0, 0.05) is 12.6 Å². The van der Waals surface area contributed by atoms with Crippen LogP contribution in [0.5, 0.6) is 5.75 Å². The van der Waals surface area contributed by atoms with Crippen molar-refractivity contribution < 1.29 is 14.3 Å².